The summed E-state index contributed by atoms with van der Waals surface area (Å²) in [5.41, 5.74) is 12.8. The lowest BCUT2D eigenvalue weighted by Crippen LogP contribution is -2.19. The minimum absolute atomic E-state index is 0.463. The fraction of sp³-hybridized carbons (Fsp3) is 0.250. The Hall–Kier alpha value is -3.11. The standard InChI is InChI=1S/C24H27N6P/c1-16-14-19(26-24-27-23(28-30(16)24)18-8-5-4-6-9-18)15-31(3)29(2)21-11-7-10-20(25)22(21)17-12-13-17/h4-11,14,17H,1,12-13,15,25H2,2-3H3,(H,26,27,28). The molecule has 2 aliphatic rings. The molecule has 1 aliphatic carbocycles. The quantitative estimate of drug-likeness (QED) is 0.408. The average Bonchev–Trinajstić information content (AvgIpc) is 3.51. The number of nitrogens with zero attached hydrogens (tertiary/aromatic N) is 4. The van der Waals surface area contributed by atoms with E-state index in [1.54, 1.807) is 4.68 Å². The van der Waals surface area contributed by atoms with Gasteiger partial charge in [-0.3, -0.25) is 0 Å². The van der Waals surface area contributed by atoms with Gasteiger partial charge < -0.3 is 15.7 Å². The highest BCUT2D eigenvalue weighted by Gasteiger charge is 2.30. The molecule has 0 bridgehead atoms. The number of nitrogen functional groups attached to an aromatic ring is 1. The highest BCUT2D eigenvalue weighted by atomic mass is 31.1. The second-order valence-corrected chi connectivity index (χ2v) is 10.4. The van der Waals surface area contributed by atoms with E-state index in [4.69, 9.17) is 10.7 Å². The number of nitrogens with two attached hydrogens (primary N) is 1. The fourth-order valence-electron chi connectivity index (χ4n) is 4.04. The van der Waals surface area contributed by atoms with Gasteiger partial charge in [-0.15, -0.1) is 5.10 Å². The molecule has 2 heterocycles. The maximum atomic E-state index is 6.33. The summed E-state index contributed by atoms with van der Waals surface area (Å²) in [5.74, 6) is 2.03. The molecule has 0 saturated heterocycles. The molecule has 1 aromatic heterocycles. The normalized spacial score (nSPS) is 16.3. The van der Waals surface area contributed by atoms with Crippen molar-refractivity contribution in [3.05, 3.63) is 72.4 Å². The number of hydrogen-bond acceptors (Lipinski definition) is 5. The van der Waals surface area contributed by atoms with Crippen LogP contribution in [0, 0.1) is 0 Å². The average molecular weight is 430 g/mol. The number of benzene rings is 2. The highest BCUT2D eigenvalue weighted by molar-refractivity contribution is 7.58. The van der Waals surface area contributed by atoms with Gasteiger partial charge in [-0.2, -0.15) is 9.67 Å². The Kier molecular flexibility index (Phi) is 5.03. The van der Waals surface area contributed by atoms with Crippen molar-refractivity contribution >= 4 is 31.1 Å². The predicted molar refractivity (Wildman–Crippen MR) is 131 cm³/mol. The van der Waals surface area contributed by atoms with Crippen LogP contribution in [0.1, 0.15) is 24.3 Å². The third-order valence-electron chi connectivity index (χ3n) is 5.89. The SMILES string of the molecule is C=C1C=C(CP(C)N(C)c2cccc(N)c2C2CC2)Nc2nc(-c3ccccc3)nn21. The predicted octanol–water partition coefficient (Wildman–Crippen LogP) is 5.35. The van der Waals surface area contributed by atoms with Gasteiger partial charge in [0.15, 0.2) is 5.82 Å². The van der Waals surface area contributed by atoms with E-state index in [1.165, 1.54) is 24.1 Å². The molecule has 6 nitrogen and oxygen atoms in total. The third kappa shape index (κ3) is 3.84. The maximum Gasteiger partial charge on any atom is 0.230 e. The lowest BCUT2D eigenvalue weighted by atomic mass is 10.1. The summed E-state index contributed by atoms with van der Waals surface area (Å²) in [6, 6.07) is 16.3. The largest absolute Gasteiger partial charge is 0.398 e. The molecule has 158 valence electrons. The number of nitrogens with one attached hydrogen (secondary N) is 1. The smallest absolute Gasteiger partial charge is 0.230 e. The molecule has 1 atom stereocenters. The van der Waals surface area contributed by atoms with Crippen LogP contribution in [0.5, 0.6) is 0 Å². The molecule has 0 spiro atoms. The number of hydrogen-bond donors (Lipinski definition) is 2. The van der Waals surface area contributed by atoms with E-state index in [0.29, 0.717) is 11.7 Å². The monoisotopic (exact) mass is 430 g/mol. The topological polar surface area (TPSA) is 72.0 Å². The minimum atomic E-state index is -0.463. The van der Waals surface area contributed by atoms with Crippen molar-refractivity contribution in [3.8, 4) is 11.4 Å². The van der Waals surface area contributed by atoms with Crippen molar-refractivity contribution < 1.29 is 0 Å². The van der Waals surface area contributed by atoms with Crippen molar-refractivity contribution in [3.63, 3.8) is 0 Å². The molecule has 3 N–H and O–H groups in total. The molecular weight excluding hydrogens is 403 g/mol. The van der Waals surface area contributed by atoms with Gasteiger partial charge >= 0.3 is 0 Å². The lowest BCUT2D eigenvalue weighted by molar-refractivity contribution is 0.904. The zero-order valence-corrected chi connectivity index (χ0v) is 18.8. The molecule has 1 fully saturated rings. The number of fused-ring (bicyclic) bond motifs is 1. The van der Waals surface area contributed by atoms with E-state index in [0.717, 1.165) is 34.8 Å². The molecule has 0 radical (unpaired) electrons. The van der Waals surface area contributed by atoms with Crippen LogP contribution in [-0.2, 0) is 0 Å². The van der Waals surface area contributed by atoms with Crippen molar-refractivity contribution in [2.45, 2.75) is 18.8 Å². The van der Waals surface area contributed by atoms with Crippen LogP contribution in [-0.4, -0.2) is 34.6 Å². The first-order valence-corrected chi connectivity index (χ1v) is 12.5. The first-order chi connectivity index (χ1) is 15.0. The molecule has 3 aromatic rings. The van der Waals surface area contributed by atoms with E-state index in [1.807, 2.05) is 36.4 Å². The Balaban J connectivity index is 1.34. The molecule has 1 saturated carbocycles. The first kappa shape index (κ1) is 19.8. The number of aromatic nitrogens is 3. The van der Waals surface area contributed by atoms with Crippen molar-refractivity contribution in [2.75, 3.05) is 35.6 Å². The maximum absolute atomic E-state index is 6.33. The Morgan fingerprint density at radius 3 is 2.71 bits per heavy atom. The van der Waals surface area contributed by atoms with E-state index in [-0.39, 0.29) is 0 Å². The number of anilines is 3. The summed E-state index contributed by atoms with van der Waals surface area (Å²) in [6.07, 6.45) is 5.45. The van der Waals surface area contributed by atoms with Crippen LogP contribution in [0.3, 0.4) is 0 Å². The van der Waals surface area contributed by atoms with Gasteiger partial charge in [0.25, 0.3) is 0 Å². The van der Waals surface area contributed by atoms with Crippen LogP contribution in [0.15, 0.2) is 66.9 Å². The summed E-state index contributed by atoms with van der Waals surface area (Å²) in [5, 5.41) is 8.10. The van der Waals surface area contributed by atoms with Gasteiger partial charge in [0.1, 0.15) is 0 Å². The van der Waals surface area contributed by atoms with Gasteiger partial charge in [0, 0.05) is 41.4 Å². The Bertz CT molecular complexity index is 1160. The summed E-state index contributed by atoms with van der Waals surface area (Å²) in [4.78, 5) is 4.71. The molecule has 7 heteroatoms. The molecule has 5 rings (SSSR count). The first-order valence-electron chi connectivity index (χ1n) is 10.5. The van der Waals surface area contributed by atoms with Gasteiger partial charge in [-0.05, 0) is 51.7 Å². The zero-order valence-electron chi connectivity index (χ0n) is 17.9. The van der Waals surface area contributed by atoms with Crippen LogP contribution in [0.2, 0.25) is 0 Å². The molecular formula is C24H27N6P. The molecule has 2 aromatic carbocycles. The van der Waals surface area contributed by atoms with Crippen LogP contribution in [0.25, 0.3) is 17.1 Å². The number of rotatable bonds is 6. The summed E-state index contributed by atoms with van der Waals surface area (Å²) >= 11 is 0. The molecule has 0 amide bonds. The van der Waals surface area contributed by atoms with Crippen LogP contribution in [0.4, 0.5) is 17.3 Å². The molecule has 31 heavy (non-hydrogen) atoms. The van der Waals surface area contributed by atoms with Crippen molar-refractivity contribution in [1.29, 1.82) is 0 Å². The van der Waals surface area contributed by atoms with Crippen LogP contribution >= 0.6 is 8.07 Å². The fourth-order valence-corrected chi connectivity index (χ4v) is 5.45. The summed E-state index contributed by atoms with van der Waals surface area (Å²) in [7, 11) is 1.72. The second kappa shape index (κ2) is 7.86. The Labute approximate surface area is 184 Å². The number of allylic oxidation sites excluding steroid dienone is 3. The van der Waals surface area contributed by atoms with E-state index in [9.17, 15) is 0 Å². The van der Waals surface area contributed by atoms with Gasteiger partial charge in [-0.1, -0.05) is 43.0 Å². The Morgan fingerprint density at radius 1 is 1.19 bits per heavy atom. The van der Waals surface area contributed by atoms with E-state index < -0.39 is 8.07 Å². The minimum Gasteiger partial charge on any atom is -0.398 e. The van der Waals surface area contributed by atoms with Crippen molar-refractivity contribution in [2.24, 2.45) is 0 Å². The summed E-state index contributed by atoms with van der Waals surface area (Å²) in [6.45, 7) is 6.50. The molecule has 1 aliphatic heterocycles. The van der Waals surface area contributed by atoms with Crippen LogP contribution < -0.4 is 15.7 Å². The highest BCUT2D eigenvalue weighted by Crippen LogP contribution is 2.51. The molecule has 1 unspecified atom stereocenters. The Morgan fingerprint density at radius 2 is 1.97 bits per heavy atom. The lowest BCUT2D eigenvalue weighted by Gasteiger charge is -2.31. The van der Waals surface area contributed by atoms with E-state index >= 15 is 0 Å². The second-order valence-electron chi connectivity index (χ2n) is 8.22. The van der Waals surface area contributed by atoms with Crippen molar-refractivity contribution in [1.82, 2.24) is 14.8 Å². The summed E-state index contributed by atoms with van der Waals surface area (Å²) < 4.78 is 4.18. The van der Waals surface area contributed by atoms with Gasteiger partial charge in [0.2, 0.25) is 5.95 Å². The zero-order chi connectivity index (χ0) is 21.5. The van der Waals surface area contributed by atoms with E-state index in [2.05, 4.69) is 53.6 Å². The third-order valence-corrected chi connectivity index (χ3v) is 7.92. The van der Waals surface area contributed by atoms with Gasteiger partial charge in [0.05, 0.1) is 5.70 Å². The van der Waals surface area contributed by atoms with Gasteiger partial charge in [-0.25, -0.2) is 0 Å².